The zero-order chi connectivity index (χ0) is 14.4. The minimum atomic E-state index is 0.730. The first-order valence-electron chi connectivity index (χ1n) is 6.20. The van der Waals surface area contributed by atoms with E-state index in [4.69, 9.17) is 16.3 Å². The Morgan fingerprint density at radius 1 is 1.45 bits per heavy atom. The number of ether oxygens (including phenoxy) is 1. The Morgan fingerprint density at radius 3 is 3.00 bits per heavy atom. The van der Waals surface area contributed by atoms with Crippen molar-refractivity contribution in [2.75, 3.05) is 19.4 Å². The summed E-state index contributed by atoms with van der Waals surface area (Å²) in [6, 6.07) is 5.67. The number of aryl methyl sites for hydroxylation is 1. The molecule has 108 valence electrons. The van der Waals surface area contributed by atoms with Gasteiger partial charge in [-0.2, -0.15) is 0 Å². The maximum Gasteiger partial charge on any atom is 0.209 e. The van der Waals surface area contributed by atoms with Crippen LogP contribution in [0.25, 0.3) is 0 Å². The highest BCUT2D eigenvalue weighted by molar-refractivity contribution is 7.99. The van der Waals surface area contributed by atoms with Crippen LogP contribution in [-0.2, 0) is 13.6 Å². The molecular formula is C12H17ClN5OS+. The average Bonchev–Trinajstić information content (AvgIpc) is 2.84. The van der Waals surface area contributed by atoms with Crippen LogP contribution in [0.5, 0.6) is 5.75 Å². The molecule has 0 spiro atoms. The lowest BCUT2D eigenvalue weighted by Crippen LogP contribution is -2.83. The van der Waals surface area contributed by atoms with Gasteiger partial charge in [0.05, 0.1) is 19.4 Å². The number of methoxy groups -OCH3 is 1. The van der Waals surface area contributed by atoms with Gasteiger partial charge in [-0.25, -0.2) is 4.68 Å². The standard InChI is InChI=1S/C12H16ClN5OS/c1-18-12(15-16-17-18)20-6-5-14-8-9-7-10(13)3-4-11(9)19-2/h3-4,7,14H,5-6,8H2,1-2H3/p+1. The van der Waals surface area contributed by atoms with Gasteiger partial charge in [0.15, 0.2) is 0 Å². The molecule has 0 aliphatic heterocycles. The van der Waals surface area contributed by atoms with Gasteiger partial charge in [0, 0.05) is 17.6 Å². The van der Waals surface area contributed by atoms with Crippen LogP contribution < -0.4 is 10.1 Å². The number of hydrogen-bond acceptors (Lipinski definition) is 5. The number of hydrogen-bond donors (Lipinski definition) is 1. The molecule has 6 nitrogen and oxygen atoms in total. The fourth-order valence-corrected chi connectivity index (χ4v) is 2.72. The maximum atomic E-state index is 6.00. The van der Waals surface area contributed by atoms with E-state index in [0.717, 1.165) is 40.3 Å². The van der Waals surface area contributed by atoms with E-state index in [0.29, 0.717) is 0 Å². The topological polar surface area (TPSA) is 69.4 Å². The highest BCUT2D eigenvalue weighted by atomic mass is 35.5. The number of rotatable bonds is 7. The average molecular weight is 315 g/mol. The molecule has 2 aromatic rings. The molecule has 0 aliphatic carbocycles. The smallest absolute Gasteiger partial charge is 0.209 e. The van der Waals surface area contributed by atoms with E-state index in [1.807, 2.05) is 25.2 Å². The van der Waals surface area contributed by atoms with Crippen LogP contribution in [0.4, 0.5) is 0 Å². The number of quaternary nitrogens is 1. The van der Waals surface area contributed by atoms with Gasteiger partial charge in [0.2, 0.25) is 5.16 Å². The van der Waals surface area contributed by atoms with Crippen LogP contribution in [-0.4, -0.2) is 39.6 Å². The molecule has 8 heteroatoms. The monoisotopic (exact) mass is 314 g/mol. The van der Waals surface area contributed by atoms with Gasteiger partial charge in [-0.15, -0.1) is 5.10 Å². The van der Waals surface area contributed by atoms with E-state index in [-0.39, 0.29) is 0 Å². The molecule has 1 aromatic heterocycles. The molecule has 0 radical (unpaired) electrons. The van der Waals surface area contributed by atoms with E-state index in [2.05, 4.69) is 20.8 Å². The summed E-state index contributed by atoms with van der Waals surface area (Å²) in [5.41, 5.74) is 1.10. The lowest BCUT2D eigenvalue weighted by molar-refractivity contribution is -0.666. The van der Waals surface area contributed by atoms with Crippen molar-refractivity contribution in [3.05, 3.63) is 28.8 Å². The number of benzene rings is 1. The van der Waals surface area contributed by atoms with Gasteiger partial charge < -0.3 is 10.1 Å². The second-order valence-electron chi connectivity index (χ2n) is 4.17. The minimum Gasteiger partial charge on any atom is -0.496 e. The maximum absolute atomic E-state index is 6.00. The predicted octanol–water partition coefficient (Wildman–Crippen LogP) is 0.728. The van der Waals surface area contributed by atoms with Gasteiger partial charge in [-0.3, -0.25) is 0 Å². The van der Waals surface area contributed by atoms with Gasteiger partial charge in [0.1, 0.15) is 12.3 Å². The first kappa shape index (κ1) is 15.1. The van der Waals surface area contributed by atoms with E-state index >= 15 is 0 Å². The quantitative estimate of drug-likeness (QED) is 0.602. The van der Waals surface area contributed by atoms with Gasteiger partial charge in [0.25, 0.3) is 0 Å². The first-order chi connectivity index (χ1) is 9.70. The number of aromatic nitrogens is 4. The molecule has 0 bridgehead atoms. The number of tetrazole rings is 1. The Labute approximate surface area is 126 Å². The van der Waals surface area contributed by atoms with E-state index in [1.54, 1.807) is 23.6 Å². The summed E-state index contributed by atoms with van der Waals surface area (Å²) in [6.07, 6.45) is 0. The molecule has 0 fully saturated rings. The van der Waals surface area contributed by atoms with Gasteiger partial charge in [-0.1, -0.05) is 23.4 Å². The summed E-state index contributed by atoms with van der Waals surface area (Å²) < 4.78 is 6.99. The highest BCUT2D eigenvalue weighted by Gasteiger charge is 2.06. The molecule has 2 rings (SSSR count). The molecule has 0 atom stereocenters. The summed E-state index contributed by atoms with van der Waals surface area (Å²) in [5.74, 6) is 1.81. The van der Waals surface area contributed by atoms with E-state index in [1.165, 1.54) is 0 Å². The Bertz CT molecular complexity index is 563. The fraction of sp³-hybridized carbons (Fsp3) is 0.417. The van der Waals surface area contributed by atoms with Crippen molar-refractivity contribution >= 4 is 23.4 Å². The third-order valence-electron chi connectivity index (χ3n) is 2.74. The molecule has 1 heterocycles. The molecule has 20 heavy (non-hydrogen) atoms. The van der Waals surface area contributed by atoms with Crippen molar-refractivity contribution in [2.24, 2.45) is 7.05 Å². The number of nitrogens with zero attached hydrogens (tertiary/aromatic N) is 4. The third kappa shape index (κ3) is 4.09. The van der Waals surface area contributed by atoms with Crippen molar-refractivity contribution < 1.29 is 10.1 Å². The van der Waals surface area contributed by atoms with Crippen molar-refractivity contribution in [1.29, 1.82) is 0 Å². The first-order valence-corrected chi connectivity index (χ1v) is 7.56. The molecular weight excluding hydrogens is 298 g/mol. The SMILES string of the molecule is COc1ccc(Cl)cc1C[NH2+]CCSc1nnnn1C. The molecule has 0 amide bonds. The summed E-state index contributed by atoms with van der Waals surface area (Å²) in [6.45, 7) is 1.80. The second-order valence-corrected chi connectivity index (χ2v) is 5.67. The number of nitrogens with two attached hydrogens (primary N) is 1. The van der Waals surface area contributed by atoms with Crippen molar-refractivity contribution in [3.63, 3.8) is 0 Å². The Balaban J connectivity index is 1.76. The van der Waals surface area contributed by atoms with E-state index < -0.39 is 0 Å². The zero-order valence-electron chi connectivity index (χ0n) is 11.4. The van der Waals surface area contributed by atoms with Crippen LogP contribution >= 0.6 is 23.4 Å². The summed E-state index contributed by atoms with van der Waals surface area (Å²) in [4.78, 5) is 0. The van der Waals surface area contributed by atoms with Crippen LogP contribution in [0.1, 0.15) is 5.56 Å². The van der Waals surface area contributed by atoms with Crippen LogP contribution in [0.15, 0.2) is 23.4 Å². The predicted molar refractivity (Wildman–Crippen MR) is 78.0 cm³/mol. The Morgan fingerprint density at radius 2 is 2.30 bits per heavy atom. The summed E-state index contributed by atoms with van der Waals surface area (Å²) in [7, 11) is 3.51. The van der Waals surface area contributed by atoms with Crippen molar-refractivity contribution in [3.8, 4) is 5.75 Å². The number of thioether (sulfide) groups is 1. The largest absolute Gasteiger partial charge is 0.496 e. The molecule has 2 N–H and O–H groups in total. The van der Waals surface area contributed by atoms with Gasteiger partial charge >= 0.3 is 0 Å². The Hall–Kier alpha value is -1.31. The molecule has 0 unspecified atom stereocenters. The van der Waals surface area contributed by atoms with Crippen LogP contribution in [0, 0.1) is 0 Å². The third-order valence-corrected chi connectivity index (χ3v) is 4.02. The fourth-order valence-electron chi connectivity index (χ4n) is 1.74. The minimum absolute atomic E-state index is 0.730. The lowest BCUT2D eigenvalue weighted by Gasteiger charge is -2.08. The van der Waals surface area contributed by atoms with Crippen LogP contribution in [0.2, 0.25) is 5.02 Å². The summed E-state index contributed by atoms with van der Waals surface area (Å²) >= 11 is 7.64. The number of halogens is 1. The molecule has 0 saturated heterocycles. The van der Waals surface area contributed by atoms with Crippen molar-refractivity contribution in [1.82, 2.24) is 20.2 Å². The molecule has 1 aromatic carbocycles. The normalized spacial score (nSPS) is 10.8. The molecule has 0 aliphatic rings. The van der Waals surface area contributed by atoms with E-state index in [9.17, 15) is 0 Å². The van der Waals surface area contributed by atoms with Crippen molar-refractivity contribution in [2.45, 2.75) is 11.7 Å². The van der Waals surface area contributed by atoms with Gasteiger partial charge in [-0.05, 0) is 28.6 Å². The summed E-state index contributed by atoms with van der Waals surface area (Å²) in [5, 5.41) is 15.1. The molecule has 0 saturated carbocycles. The zero-order valence-corrected chi connectivity index (χ0v) is 13.0. The Kier molecular flexibility index (Phi) is 5.63. The second kappa shape index (κ2) is 7.47. The lowest BCUT2D eigenvalue weighted by atomic mass is 10.2. The highest BCUT2D eigenvalue weighted by Crippen LogP contribution is 2.21. The van der Waals surface area contributed by atoms with Crippen LogP contribution in [0.3, 0.4) is 0 Å².